The highest BCUT2D eigenvalue weighted by molar-refractivity contribution is 5.26. The van der Waals surface area contributed by atoms with E-state index in [1.807, 2.05) is 0 Å². The van der Waals surface area contributed by atoms with Crippen LogP contribution in [0.2, 0.25) is 0 Å². The molecule has 0 aliphatic carbocycles. The van der Waals surface area contributed by atoms with Crippen LogP contribution in [0.25, 0.3) is 0 Å². The van der Waals surface area contributed by atoms with E-state index in [4.69, 9.17) is 0 Å². The lowest BCUT2D eigenvalue weighted by molar-refractivity contribution is -0.137. The molecule has 118 valence electrons. The summed E-state index contributed by atoms with van der Waals surface area (Å²) < 4.78 is 37.8. The van der Waals surface area contributed by atoms with Crippen LogP contribution in [0.1, 0.15) is 43.4 Å². The summed E-state index contributed by atoms with van der Waals surface area (Å²) in [6, 6.07) is 6.15. The average molecular weight is 300 g/mol. The molecule has 1 aliphatic heterocycles. The van der Waals surface area contributed by atoms with E-state index in [-0.39, 0.29) is 6.04 Å². The molecular formula is C16H23F3N2. The van der Waals surface area contributed by atoms with E-state index in [0.29, 0.717) is 6.04 Å². The third-order valence-corrected chi connectivity index (χ3v) is 4.45. The minimum Gasteiger partial charge on any atom is -0.317 e. The number of nitrogens with one attached hydrogen (secondary N) is 1. The van der Waals surface area contributed by atoms with Crippen LogP contribution in [0.15, 0.2) is 24.3 Å². The zero-order valence-corrected chi connectivity index (χ0v) is 12.6. The van der Waals surface area contributed by atoms with Gasteiger partial charge in [-0.15, -0.1) is 0 Å². The Hall–Kier alpha value is -1.07. The number of nitrogens with zero attached hydrogens (tertiary/aromatic N) is 1. The Morgan fingerprint density at radius 3 is 2.43 bits per heavy atom. The molecule has 0 amide bonds. The van der Waals surface area contributed by atoms with E-state index in [0.717, 1.165) is 37.9 Å². The lowest BCUT2D eigenvalue weighted by Crippen LogP contribution is -2.34. The Morgan fingerprint density at radius 1 is 1.14 bits per heavy atom. The van der Waals surface area contributed by atoms with Gasteiger partial charge in [0, 0.05) is 12.1 Å². The van der Waals surface area contributed by atoms with Crippen molar-refractivity contribution in [3.8, 4) is 0 Å². The monoisotopic (exact) mass is 300 g/mol. The Labute approximate surface area is 124 Å². The second kappa shape index (κ2) is 6.79. The highest BCUT2D eigenvalue weighted by Gasteiger charge is 2.30. The van der Waals surface area contributed by atoms with Crippen molar-refractivity contribution in [3.63, 3.8) is 0 Å². The van der Waals surface area contributed by atoms with E-state index in [2.05, 4.69) is 24.2 Å². The van der Waals surface area contributed by atoms with Crippen LogP contribution in [-0.4, -0.2) is 31.1 Å². The molecule has 1 aliphatic rings. The lowest BCUT2D eigenvalue weighted by Gasteiger charge is -2.33. The van der Waals surface area contributed by atoms with Gasteiger partial charge in [-0.05, 0) is 64.0 Å². The van der Waals surface area contributed by atoms with Crippen molar-refractivity contribution in [2.75, 3.05) is 20.1 Å². The van der Waals surface area contributed by atoms with Crippen LogP contribution in [-0.2, 0) is 6.18 Å². The molecule has 5 heteroatoms. The minimum atomic E-state index is -4.26. The third kappa shape index (κ3) is 4.20. The maximum Gasteiger partial charge on any atom is 0.416 e. The van der Waals surface area contributed by atoms with Gasteiger partial charge >= 0.3 is 6.18 Å². The predicted octanol–water partition coefficient (Wildman–Crippen LogP) is 3.84. The molecule has 2 unspecified atom stereocenters. The predicted molar refractivity (Wildman–Crippen MR) is 78.1 cm³/mol. The van der Waals surface area contributed by atoms with Gasteiger partial charge in [0.1, 0.15) is 0 Å². The zero-order valence-electron chi connectivity index (χ0n) is 12.6. The fraction of sp³-hybridized carbons (Fsp3) is 0.625. The van der Waals surface area contributed by atoms with Crippen LogP contribution >= 0.6 is 0 Å². The van der Waals surface area contributed by atoms with Gasteiger partial charge in [-0.1, -0.05) is 12.1 Å². The summed E-state index contributed by atoms with van der Waals surface area (Å²) in [5.41, 5.74) is 0.350. The molecule has 0 bridgehead atoms. The van der Waals surface area contributed by atoms with Crippen LogP contribution < -0.4 is 5.32 Å². The highest BCUT2D eigenvalue weighted by atomic mass is 19.4. The summed E-state index contributed by atoms with van der Waals surface area (Å²) >= 11 is 0. The Morgan fingerprint density at radius 2 is 1.81 bits per heavy atom. The molecule has 1 aromatic carbocycles. The second-order valence-electron chi connectivity index (χ2n) is 5.80. The molecule has 1 N–H and O–H groups in total. The number of rotatable bonds is 3. The smallest absolute Gasteiger partial charge is 0.317 e. The van der Waals surface area contributed by atoms with E-state index in [1.165, 1.54) is 12.1 Å². The highest BCUT2D eigenvalue weighted by Crippen LogP contribution is 2.31. The van der Waals surface area contributed by atoms with E-state index in [1.54, 1.807) is 12.1 Å². The van der Waals surface area contributed by atoms with Crippen molar-refractivity contribution < 1.29 is 13.2 Å². The molecule has 2 nitrogen and oxygen atoms in total. The summed E-state index contributed by atoms with van der Waals surface area (Å²) in [5, 5.41) is 3.38. The summed E-state index contributed by atoms with van der Waals surface area (Å²) in [6.07, 6.45) is -0.898. The molecular weight excluding hydrogens is 277 g/mol. The van der Waals surface area contributed by atoms with E-state index < -0.39 is 11.7 Å². The molecule has 1 saturated heterocycles. The first kappa shape index (κ1) is 16.3. The Balaban J connectivity index is 2.06. The summed E-state index contributed by atoms with van der Waals surface area (Å²) in [6.45, 7) is 4.12. The summed E-state index contributed by atoms with van der Waals surface area (Å²) in [7, 11) is 2.07. The lowest BCUT2D eigenvalue weighted by atomic mass is 10.0. The van der Waals surface area contributed by atoms with Gasteiger partial charge in [-0.2, -0.15) is 13.2 Å². The maximum absolute atomic E-state index is 12.6. The SMILES string of the molecule is CC(c1ccc(C(F)(F)F)cc1)N(C)C1CCCNCC1. The molecule has 0 radical (unpaired) electrons. The fourth-order valence-electron chi connectivity index (χ4n) is 2.91. The van der Waals surface area contributed by atoms with Crippen LogP contribution in [0.5, 0.6) is 0 Å². The first-order valence-electron chi connectivity index (χ1n) is 7.49. The summed E-state index contributed by atoms with van der Waals surface area (Å²) in [5.74, 6) is 0. The van der Waals surface area contributed by atoms with Crippen LogP contribution in [0, 0.1) is 0 Å². The van der Waals surface area contributed by atoms with Gasteiger partial charge in [0.15, 0.2) is 0 Å². The Bertz CT molecular complexity index is 434. The average Bonchev–Trinajstić information content (AvgIpc) is 2.74. The van der Waals surface area contributed by atoms with Crippen molar-refractivity contribution in [1.29, 1.82) is 0 Å². The van der Waals surface area contributed by atoms with Crippen molar-refractivity contribution >= 4 is 0 Å². The van der Waals surface area contributed by atoms with Gasteiger partial charge in [-0.25, -0.2) is 0 Å². The van der Waals surface area contributed by atoms with Gasteiger partial charge in [0.25, 0.3) is 0 Å². The first-order chi connectivity index (χ1) is 9.89. The van der Waals surface area contributed by atoms with E-state index >= 15 is 0 Å². The van der Waals surface area contributed by atoms with E-state index in [9.17, 15) is 13.2 Å². The molecule has 0 spiro atoms. The number of hydrogen-bond acceptors (Lipinski definition) is 2. The number of halogens is 3. The third-order valence-electron chi connectivity index (χ3n) is 4.45. The second-order valence-corrected chi connectivity index (χ2v) is 5.80. The topological polar surface area (TPSA) is 15.3 Å². The van der Waals surface area contributed by atoms with Crippen molar-refractivity contribution in [2.45, 2.75) is 44.4 Å². The first-order valence-corrected chi connectivity index (χ1v) is 7.49. The quantitative estimate of drug-likeness (QED) is 0.912. The molecule has 0 aromatic heterocycles. The molecule has 1 fully saturated rings. The summed E-state index contributed by atoms with van der Waals surface area (Å²) in [4.78, 5) is 2.29. The van der Waals surface area contributed by atoms with Gasteiger partial charge < -0.3 is 5.32 Å². The van der Waals surface area contributed by atoms with Crippen LogP contribution in [0.4, 0.5) is 13.2 Å². The van der Waals surface area contributed by atoms with Crippen molar-refractivity contribution in [1.82, 2.24) is 10.2 Å². The minimum absolute atomic E-state index is 0.121. The molecule has 2 atom stereocenters. The maximum atomic E-state index is 12.6. The molecule has 2 rings (SSSR count). The normalized spacial score (nSPS) is 22.1. The largest absolute Gasteiger partial charge is 0.416 e. The van der Waals surface area contributed by atoms with Gasteiger partial charge in [0.05, 0.1) is 5.56 Å². The molecule has 0 saturated carbocycles. The number of alkyl halides is 3. The van der Waals surface area contributed by atoms with Crippen molar-refractivity contribution in [2.24, 2.45) is 0 Å². The molecule has 1 aromatic rings. The van der Waals surface area contributed by atoms with Crippen LogP contribution in [0.3, 0.4) is 0 Å². The fourth-order valence-corrected chi connectivity index (χ4v) is 2.91. The molecule has 21 heavy (non-hydrogen) atoms. The van der Waals surface area contributed by atoms with Gasteiger partial charge in [0.2, 0.25) is 0 Å². The van der Waals surface area contributed by atoms with Gasteiger partial charge in [-0.3, -0.25) is 4.90 Å². The zero-order chi connectivity index (χ0) is 15.5. The standard InChI is InChI=1S/C16H23F3N2/c1-12(21(2)15-4-3-10-20-11-9-15)13-5-7-14(8-6-13)16(17,18)19/h5-8,12,15,20H,3-4,9-11H2,1-2H3. The number of benzene rings is 1. The number of hydrogen-bond donors (Lipinski definition) is 1. The van der Waals surface area contributed by atoms with Crippen molar-refractivity contribution in [3.05, 3.63) is 35.4 Å². The Kier molecular flexibility index (Phi) is 5.27. The molecule has 1 heterocycles.